The van der Waals surface area contributed by atoms with Crippen LogP contribution < -0.4 is 5.11 Å². The van der Waals surface area contributed by atoms with Crippen LogP contribution in [-0.2, 0) is 16.0 Å². The number of hydrogen-bond donors (Lipinski definition) is 0. The van der Waals surface area contributed by atoms with E-state index in [2.05, 4.69) is 0 Å². The van der Waals surface area contributed by atoms with Gasteiger partial charge < -0.3 is 9.90 Å². The highest BCUT2D eigenvalue weighted by Crippen LogP contribution is 2.10. The van der Waals surface area contributed by atoms with Crippen molar-refractivity contribution >= 4 is 23.4 Å². The summed E-state index contributed by atoms with van der Waals surface area (Å²) < 4.78 is 0. The molecule has 0 bridgehead atoms. The highest BCUT2D eigenvalue weighted by Gasteiger charge is 2.02. The van der Waals surface area contributed by atoms with Gasteiger partial charge in [0.1, 0.15) is 5.97 Å². The molecule has 0 spiro atoms. The summed E-state index contributed by atoms with van der Waals surface area (Å²) in [6, 6.07) is 6.90. The van der Waals surface area contributed by atoms with Gasteiger partial charge >= 0.3 is 0 Å². The number of benzene rings is 1. The number of aryl methyl sites for hydroxylation is 1. The lowest BCUT2D eigenvalue weighted by Crippen LogP contribution is -2.31. The molecule has 0 fully saturated rings. The lowest BCUT2D eigenvalue weighted by Gasteiger charge is -2.01. The second kappa shape index (κ2) is 4.77. The number of ketones is 1. The Balaban J connectivity index is 2.50. The van der Waals surface area contributed by atoms with Crippen LogP contribution >= 0.6 is 11.6 Å². The lowest BCUT2D eigenvalue weighted by atomic mass is 10.1. The van der Waals surface area contributed by atoms with Gasteiger partial charge in [0.25, 0.3) is 0 Å². The van der Waals surface area contributed by atoms with Gasteiger partial charge in [-0.15, -0.1) is 0 Å². The van der Waals surface area contributed by atoms with Gasteiger partial charge in [0.15, 0.2) is 5.78 Å². The zero-order valence-electron chi connectivity index (χ0n) is 7.33. The second-order valence-corrected chi connectivity index (χ2v) is 3.27. The van der Waals surface area contributed by atoms with E-state index in [-0.39, 0.29) is 6.42 Å². The van der Waals surface area contributed by atoms with Crippen molar-refractivity contribution in [1.82, 2.24) is 0 Å². The van der Waals surface area contributed by atoms with Crippen LogP contribution in [0.2, 0.25) is 5.02 Å². The maximum absolute atomic E-state index is 10.7. The molecule has 0 heterocycles. The largest absolute Gasteiger partial charge is 0.542 e. The quantitative estimate of drug-likeness (QED) is 0.685. The topological polar surface area (TPSA) is 57.2 Å². The Hall–Kier alpha value is -1.35. The first-order valence-corrected chi connectivity index (χ1v) is 4.46. The Bertz CT molecular complexity index is 343. The molecule has 0 radical (unpaired) electrons. The summed E-state index contributed by atoms with van der Waals surface area (Å²) in [5.41, 5.74) is 0.879. The zero-order chi connectivity index (χ0) is 10.6. The number of hydrogen-bond acceptors (Lipinski definition) is 3. The Morgan fingerprint density at radius 1 is 1.21 bits per heavy atom. The van der Waals surface area contributed by atoms with Crippen LogP contribution in [0.25, 0.3) is 0 Å². The second-order valence-electron chi connectivity index (χ2n) is 2.84. The van der Waals surface area contributed by atoms with E-state index in [0.717, 1.165) is 5.56 Å². The number of carboxylic acid groups (broad SMARTS) is 1. The van der Waals surface area contributed by atoms with E-state index >= 15 is 0 Å². The average Bonchev–Trinajstić information content (AvgIpc) is 2.16. The van der Waals surface area contributed by atoms with E-state index in [4.69, 9.17) is 11.6 Å². The molecule has 0 saturated carbocycles. The highest BCUT2D eigenvalue weighted by atomic mass is 35.5. The summed E-state index contributed by atoms with van der Waals surface area (Å²) in [6.07, 6.45) is 0.355. The van der Waals surface area contributed by atoms with E-state index in [1.165, 1.54) is 0 Å². The van der Waals surface area contributed by atoms with Gasteiger partial charge in [0.05, 0.1) is 0 Å². The number of carboxylic acids is 1. The van der Waals surface area contributed by atoms with Gasteiger partial charge in [-0.3, -0.25) is 4.79 Å². The fourth-order valence-electron chi connectivity index (χ4n) is 1.01. The van der Waals surface area contributed by atoms with Gasteiger partial charge in [-0.1, -0.05) is 23.7 Å². The molecule has 0 N–H and O–H groups in total. The van der Waals surface area contributed by atoms with Crippen LogP contribution in [-0.4, -0.2) is 11.8 Å². The van der Waals surface area contributed by atoms with Crippen LogP contribution in [0.5, 0.6) is 0 Å². The monoisotopic (exact) mass is 211 g/mol. The van der Waals surface area contributed by atoms with Gasteiger partial charge in [0, 0.05) is 11.4 Å². The minimum atomic E-state index is -1.63. The van der Waals surface area contributed by atoms with E-state index in [1.807, 2.05) is 0 Å². The summed E-state index contributed by atoms with van der Waals surface area (Å²) in [5, 5.41) is 10.7. The molecule has 0 saturated heterocycles. The first-order chi connectivity index (χ1) is 6.59. The Kier molecular flexibility index (Phi) is 3.65. The predicted octanol–water partition coefficient (Wildman–Crippen LogP) is 0.592. The Morgan fingerprint density at radius 3 is 2.29 bits per heavy atom. The van der Waals surface area contributed by atoms with E-state index in [1.54, 1.807) is 24.3 Å². The minimum absolute atomic E-state index is 0.0377. The molecule has 1 aromatic carbocycles. The normalized spacial score (nSPS) is 9.79. The average molecular weight is 212 g/mol. The van der Waals surface area contributed by atoms with Crippen molar-refractivity contribution < 1.29 is 14.7 Å². The molecule has 3 nitrogen and oxygen atoms in total. The van der Waals surface area contributed by atoms with Gasteiger partial charge in [-0.25, -0.2) is 0 Å². The summed E-state index contributed by atoms with van der Waals surface area (Å²) in [6.45, 7) is 0. The van der Waals surface area contributed by atoms with Crippen LogP contribution in [0.4, 0.5) is 0 Å². The maximum atomic E-state index is 10.7. The van der Waals surface area contributed by atoms with Crippen LogP contribution in [0, 0.1) is 0 Å². The van der Waals surface area contributed by atoms with Crippen LogP contribution in [0.1, 0.15) is 12.0 Å². The van der Waals surface area contributed by atoms with Gasteiger partial charge in [-0.05, 0) is 24.1 Å². The van der Waals surface area contributed by atoms with Crippen LogP contribution in [0.3, 0.4) is 0 Å². The number of carbonyl (C=O) groups excluding carboxylic acids is 2. The molecular weight excluding hydrogens is 204 g/mol. The number of carbonyl (C=O) groups is 2. The van der Waals surface area contributed by atoms with E-state index < -0.39 is 11.8 Å². The molecule has 0 aromatic heterocycles. The molecule has 4 heteroatoms. The minimum Gasteiger partial charge on any atom is -0.542 e. The molecule has 0 aliphatic heterocycles. The number of rotatable bonds is 4. The maximum Gasteiger partial charge on any atom is 0.178 e. The molecule has 0 aliphatic carbocycles. The Labute approximate surface area is 86.3 Å². The van der Waals surface area contributed by atoms with Crippen molar-refractivity contribution in [2.24, 2.45) is 0 Å². The van der Waals surface area contributed by atoms with Crippen molar-refractivity contribution in [3.63, 3.8) is 0 Å². The summed E-state index contributed by atoms with van der Waals surface area (Å²) >= 11 is 5.65. The molecule has 1 rings (SSSR count). The summed E-state index contributed by atoms with van der Waals surface area (Å²) in [5.74, 6) is -2.50. The van der Waals surface area contributed by atoms with Gasteiger partial charge in [-0.2, -0.15) is 0 Å². The van der Waals surface area contributed by atoms with Crippen molar-refractivity contribution in [1.29, 1.82) is 0 Å². The fourth-order valence-corrected chi connectivity index (χ4v) is 1.14. The number of aliphatic carboxylic acids is 1. The van der Waals surface area contributed by atoms with E-state index in [9.17, 15) is 14.7 Å². The molecule has 0 atom stereocenters. The highest BCUT2D eigenvalue weighted by molar-refractivity contribution is 6.31. The molecular formula is C10H8ClO3-. The van der Waals surface area contributed by atoms with Gasteiger partial charge in [0.2, 0.25) is 0 Å². The Morgan fingerprint density at radius 2 is 1.79 bits per heavy atom. The molecule has 1 aromatic rings. The third kappa shape index (κ3) is 3.18. The van der Waals surface area contributed by atoms with Crippen molar-refractivity contribution in [3.8, 4) is 0 Å². The zero-order valence-corrected chi connectivity index (χ0v) is 8.08. The first kappa shape index (κ1) is 10.7. The number of halogens is 1. The third-order valence-corrected chi connectivity index (χ3v) is 2.03. The van der Waals surface area contributed by atoms with E-state index in [0.29, 0.717) is 11.4 Å². The van der Waals surface area contributed by atoms with Crippen molar-refractivity contribution in [3.05, 3.63) is 34.9 Å². The smallest absolute Gasteiger partial charge is 0.178 e. The van der Waals surface area contributed by atoms with Crippen molar-refractivity contribution in [2.45, 2.75) is 12.8 Å². The third-order valence-electron chi connectivity index (χ3n) is 1.78. The number of Topliss-reactive ketones (excluding diaryl/α,β-unsaturated/α-hetero) is 1. The molecule has 0 amide bonds. The standard InChI is InChI=1S/C10H9ClO3/c11-8-4-1-7(2-5-8)3-6-9(12)10(13)14/h1-2,4-5H,3,6H2,(H,13,14)/p-1. The molecule has 74 valence electrons. The van der Waals surface area contributed by atoms with Crippen LogP contribution in [0.15, 0.2) is 24.3 Å². The summed E-state index contributed by atoms with van der Waals surface area (Å²) in [7, 11) is 0. The van der Waals surface area contributed by atoms with Crippen molar-refractivity contribution in [2.75, 3.05) is 0 Å². The lowest BCUT2D eigenvalue weighted by molar-refractivity contribution is -0.300. The predicted molar refractivity (Wildman–Crippen MR) is 49.8 cm³/mol. The molecule has 0 unspecified atom stereocenters. The fraction of sp³-hybridized carbons (Fsp3) is 0.200. The molecule has 14 heavy (non-hydrogen) atoms. The first-order valence-electron chi connectivity index (χ1n) is 4.08. The SMILES string of the molecule is O=C([O-])C(=O)CCc1ccc(Cl)cc1. The molecule has 0 aliphatic rings. The summed E-state index contributed by atoms with van der Waals surface area (Å²) in [4.78, 5) is 20.8.